The molecule has 0 heterocycles. The molecule has 2 aromatic rings. The molecule has 20 heavy (non-hydrogen) atoms. The van der Waals surface area contributed by atoms with Crippen molar-refractivity contribution < 1.29 is 9.50 Å². The number of phenols is 1. The van der Waals surface area contributed by atoms with Crippen LogP contribution < -0.4 is 5.32 Å². The van der Waals surface area contributed by atoms with Gasteiger partial charge in [0.15, 0.2) is 5.82 Å². The molecule has 0 bridgehead atoms. The van der Waals surface area contributed by atoms with Crippen LogP contribution in [-0.2, 0) is 6.42 Å². The van der Waals surface area contributed by atoms with Crippen LogP contribution in [-0.4, -0.2) is 11.7 Å². The van der Waals surface area contributed by atoms with Crippen molar-refractivity contribution in [2.75, 3.05) is 11.9 Å². The predicted molar refractivity (Wildman–Crippen MR) is 79.1 cm³/mol. The summed E-state index contributed by atoms with van der Waals surface area (Å²) in [5, 5.41) is 21.0. The first-order valence-corrected chi connectivity index (χ1v) is 6.81. The second-order valence-corrected chi connectivity index (χ2v) is 5.04. The number of anilines is 1. The smallest absolute Gasteiger partial charge is 0.161 e. The lowest BCUT2D eigenvalue weighted by molar-refractivity contribution is 0.475. The van der Waals surface area contributed by atoms with Gasteiger partial charge in [-0.1, -0.05) is 12.1 Å². The zero-order valence-electron chi connectivity index (χ0n) is 10.5. The van der Waals surface area contributed by atoms with Crippen molar-refractivity contribution in [1.82, 2.24) is 0 Å². The van der Waals surface area contributed by atoms with Gasteiger partial charge >= 0.3 is 0 Å². The van der Waals surface area contributed by atoms with Crippen molar-refractivity contribution in [2.24, 2.45) is 0 Å². The maximum Gasteiger partial charge on any atom is 0.161 e. The van der Waals surface area contributed by atoms with Gasteiger partial charge in [0, 0.05) is 6.54 Å². The van der Waals surface area contributed by atoms with Crippen LogP contribution in [0.4, 0.5) is 10.1 Å². The summed E-state index contributed by atoms with van der Waals surface area (Å²) in [6, 6.07) is 11.9. The van der Waals surface area contributed by atoms with Gasteiger partial charge < -0.3 is 10.4 Å². The van der Waals surface area contributed by atoms with Gasteiger partial charge in [-0.25, -0.2) is 4.39 Å². The van der Waals surface area contributed by atoms with Crippen molar-refractivity contribution in [2.45, 2.75) is 6.42 Å². The molecule has 0 atom stereocenters. The van der Waals surface area contributed by atoms with Gasteiger partial charge in [-0.15, -0.1) is 0 Å². The third-order valence-corrected chi connectivity index (χ3v) is 3.64. The normalized spacial score (nSPS) is 10.1. The molecule has 2 rings (SSSR count). The average Bonchev–Trinajstić information content (AvgIpc) is 2.46. The molecule has 0 fully saturated rings. The van der Waals surface area contributed by atoms with Crippen LogP contribution in [0.15, 0.2) is 40.9 Å². The first-order chi connectivity index (χ1) is 9.61. The molecule has 2 N–H and O–H groups in total. The number of benzene rings is 2. The SMILES string of the molecule is N#Cc1ccc(NCCc2ccc(O)cc2)c(F)c1Br. The first-order valence-electron chi connectivity index (χ1n) is 6.01. The minimum absolute atomic E-state index is 0.176. The second-order valence-electron chi connectivity index (χ2n) is 4.24. The monoisotopic (exact) mass is 334 g/mol. The lowest BCUT2D eigenvalue weighted by atomic mass is 10.1. The molecule has 0 aliphatic rings. The van der Waals surface area contributed by atoms with Crippen molar-refractivity contribution in [3.8, 4) is 11.8 Å². The van der Waals surface area contributed by atoms with Crippen LogP contribution in [0.3, 0.4) is 0 Å². The van der Waals surface area contributed by atoms with Gasteiger partial charge in [-0.2, -0.15) is 5.26 Å². The number of aromatic hydroxyl groups is 1. The van der Waals surface area contributed by atoms with Crippen molar-refractivity contribution in [3.63, 3.8) is 0 Å². The van der Waals surface area contributed by atoms with E-state index < -0.39 is 5.82 Å². The van der Waals surface area contributed by atoms with E-state index in [1.165, 1.54) is 0 Å². The number of nitriles is 1. The first kappa shape index (κ1) is 14.4. The van der Waals surface area contributed by atoms with Crippen molar-refractivity contribution in [3.05, 3.63) is 57.8 Å². The molecule has 2 aromatic carbocycles. The zero-order chi connectivity index (χ0) is 14.5. The number of rotatable bonds is 4. The summed E-state index contributed by atoms with van der Waals surface area (Å²) in [5.41, 5.74) is 1.67. The number of hydrogen-bond acceptors (Lipinski definition) is 3. The highest BCUT2D eigenvalue weighted by atomic mass is 79.9. The molecule has 0 radical (unpaired) electrons. The van der Waals surface area contributed by atoms with Crippen molar-refractivity contribution >= 4 is 21.6 Å². The van der Waals surface area contributed by atoms with E-state index in [4.69, 9.17) is 5.26 Å². The molecule has 0 saturated carbocycles. The Balaban J connectivity index is 2.00. The standard InChI is InChI=1S/C15H12BrFN2O/c16-14-11(9-18)3-6-13(15(14)17)19-8-7-10-1-4-12(20)5-2-10/h1-6,19-20H,7-8H2. The van der Waals surface area contributed by atoms with Crippen LogP contribution in [0.5, 0.6) is 5.75 Å². The zero-order valence-corrected chi connectivity index (χ0v) is 12.1. The highest BCUT2D eigenvalue weighted by molar-refractivity contribution is 9.10. The van der Waals surface area contributed by atoms with Gasteiger partial charge in [0.05, 0.1) is 15.7 Å². The molecular weight excluding hydrogens is 323 g/mol. The Labute approximate surface area is 124 Å². The lowest BCUT2D eigenvalue weighted by Gasteiger charge is -2.09. The van der Waals surface area contributed by atoms with Crippen LogP contribution in [0, 0.1) is 17.1 Å². The summed E-state index contributed by atoms with van der Waals surface area (Å²) < 4.78 is 14.1. The fourth-order valence-electron chi connectivity index (χ4n) is 1.78. The van der Waals surface area contributed by atoms with E-state index in [-0.39, 0.29) is 15.8 Å². The van der Waals surface area contributed by atoms with E-state index in [0.29, 0.717) is 18.7 Å². The number of phenolic OH excluding ortho intramolecular Hbond substituents is 1. The van der Waals surface area contributed by atoms with Gasteiger partial charge in [0.25, 0.3) is 0 Å². The molecule has 0 aromatic heterocycles. The molecule has 0 unspecified atom stereocenters. The van der Waals surface area contributed by atoms with E-state index in [9.17, 15) is 9.50 Å². The molecule has 3 nitrogen and oxygen atoms in total. The molecule has 102 valence electrons. The quantitative estimate of drug-likeness (QED) is 0.893. The maximum absolute atomic E-state index is 13.9. The Hall–Kier alpha value is -2.06. The summed E-state index contributed by atoms with van der Waals surface area (Å²) in [6.45, 7) is 0.556. The van der Waals surface area contributed by atoms with Crippen LogP contribution >= 0.6 is 15.9 Å². The number of halogens is 2. The molecule has 0 aliphatic heterocycles. The minimum atomic E-state index is -0.463. The Morgan fingerprint density at radius 3 is 2.55 bits per heavy atom. The maximum atomic E-state index is 13.9. The summed E-state index contributed by atoms with van der Waals surface area (Å²) >= 11 is 3.07. The minimum Gasteiger partial charge on any atom is -0.508 e. The Kier molecular flexibility index (Phi) is 4.59. The fraction of sp³-hybridized carbons (Fsp3) is 0.133. The number of nitrogens with zero attached hydrogens (tertiary/aromatic N) is 1. The Morgan fingerprint density at radius 2 is 1.90 bits per heavy atom. The molecule has 0 spiro atoms. The van der Waals surface area contributed by atoms with E-state index in [1.54, 1.807) is 24.3 Å². The molecule has 0 saturated heterocycles. The van der Waals surface area contributed by atoms with Gasteiger partial charge in [-0.05, 0) is 52.2 Å². The summed E-state index contributed by atoms with van der Waals surface area (Å²) in [6.07, 6.45) is 0.706. The lowest BCUT2D eigenvalue weighted by Crippen LogP contribution is -2.07. The Morgan fingerprint density at radius 1 is 1.20 bits per heavy atom. The van der Waals surface area contributed by atoms with Crippen LogP contribution in [0.2, 0.25) is 0 Å². The highest BCUT2D eigenvalue weighted by Gasteiger charge is 2.10. The van der Waals surface area contributed by atoms with E-state index >= 15 is 0 Å². The third kappa shape index (κ3) is 3.28. The second kappa shape index (κ2) is 6.40. The number of hydrogen-bond donors (Lipinski definition) is 2. The van der Waals surface area contributed by atoms with Crippen molar-refractivity contribution in [1.29, 1.82) is 5.26 Å². The van der Waals surface area contributed by atoms with Gasteiger partial charge in [0.1, 0.15) is 11.8 Å². The molecule has 5 heteroatoms. The largest absolute Gasteiger partial charge is 0.508 e. The predicted octanol–water partition coefficient (Wildman–Crippen LogP) is 3.82. The average molecular weight is 335 g/mol. The molecule has 0 amide bonds. The third-order valence-electron chi connectivity index (χ3n) is 2.87. The topological polar surface area (TPSA) is 56.0 Å². The summed E-state index contributed by atoms with van der Waals surface area (Å²) in [4.78, 5) is 0. The van der Waals surface area contributed by atoms with E-state index in [2.05, 4.69) is 21.2 Å². The van der Waals surface area contributed by atoms with Gasteiger partial charge in [0.2, 0.25) is 0 Å². The molecule has 0 aliphatic carbocycles. The highest BCUT2D eigenvalue weighted by Crippen LogP contribution is 2.26. The summed E-state index contributed by atoms with van der Waals surface area (Å²) in [5.74, 6) is -0.237. The van der Waals surface area contributed by atoms with E-state index in [1.807, 2.05) is 18.2 Å². The number of nitrogens with one attached hydrogen (secondary N) is 1. The van der Waals surface area contributed by atoms with Gasteiger partial charge in [-0.3, -0.25) is 0 Å². The fourth-order valence-corrected chi connectivity index (χ4v) is 2.21. The van der Waals surface area contributed by atoms with Crippen LogP contribution in [0.25, 0.3) is 0 Å². The van der Waals surface area contributed by atoms with Crippen LogP contribution in [0.1, 0.15) is 11.1 Å². The van der Waals surface area contributed by atoms with E-state index in [0.717, 1.165) is 5.56 Å². The molecular formula is C15H12BrFN2O. The summed E-state index contributed by atoms with van der Waals surface area (Å²) in [7, 11) is 0. The Bertz CT molecular complexity index is 650.